The molecule has 0 aromatic carbocycles. The van der Waals surface area contributed by atoms with E-state index in [9.17, 15) is 0 Å². The lowest BCUT2D eigenvalue weighted by Crippen LogP contribution is -2.03. The molecule has 0 radical (unpaired) electrons. The number of aryl methyl sites for hydroxylation is 1. The van der Waals surface area contributed by atoms with Crippen molar-refractivity contribution in [3.63, 3.8) is 0 Å². The summed E-state index contributed by atoms with van der Waals surface area (Å²) in [6, 6.07) is 0.446. The van der Waals surface area contributed by atoms with Crippen LogP contribution in [0.25, 0.3) is 0 Å². The van der Waals surface area contributed by atoms with Gasteiger partial charge in [0.05, 0.1) is 10.7 Å². The second kappa shape index (κ2) is 3.26. The molecule has 0 spiro atoms. The average Bonchev–Trinajstić information content (AvgIpc) is 2.31. The van der Waals surface area contributed by atoms with Crippen LogP contribution in [0, 0.1) is 6.92 Å². The highest BCUT2D eigenvalue weighted by Gasteiger charge is 2.05. The maximum atomic E-state index is 5.85. The number of rotatable bonds is 2. The molecule has 0 N–H and O–H groups in total. The van der Waals surface area contributed by atoms with Crippen LogP contribution >= 0.6 is 11.6 Å². The first kappa shape index (κ1) is 8.60. The van der Waals surface area contributed by atoms with Gasteiger partial charge in [0.1, 0.15) is 0 Å². The largest absolute Gasteiger partial charge is 0.268 e. The Morgan fingerprint density at radius 1 is 1.73 bits per heavy atom. The molecule has 0 fully saturated rings. The summed E-state index contributed by atoms with van der Waals surface area (Å²) >= 11 is 5.85. The fourth-order valence-electron chi connectivity index (χ4n) is 0.872. The van der Waals surface area contributed by atoms with Gasteiger partial charge in [-0.05, 0) is 20.3 Å². The van der Waals surface area contributed by atoms with E-state index in [1.165, 1.54) is 0 Å². The van der Waals surface area contributed by atoms with E-state index >= 15 is 0 Å². The third kappa shape index (κ3) is 1.74. The van der Waals surface area contributed by atoms with Crippen molar-refractivity contribution in [3.8, 4) is 0 Å². The summed E-state index contributed by atoms with van der Waals surface area (Å²) in [7, 11) is 0. The second-order valence-corrected chi connectivity index (χ2v) is 3.21. The Hall–Kier alpha value is -0.500. The first-order chi connectivity index (χ1) is 5.15. The summed E-state index contributed by atoms with van der Waals surface area (Å²) in [4.78, 5) is 0. The van der Waals surface area contributed by atoms with Crippen LogP contribution in [0.4, 0.5) is 0 Å². The summed E-state index contributed by atoms with van der Waals surface area (Å²) in [5, 5.41) is 5.02. The SMILES string of the molecule is CC[C@@H](C)n1cc(Cl)c(C)n1. The topological polar surface area (TPSA) is 17.8 Å². The van der Waals surface area contributed by atoms with Crippen molar-refractivity contribution in [1.82, 2.24) is 9.78 Å². The van der Waals surface area contributed by atoms with Gasteiger partial charge in [-0.2, -0.15) is 5.10 Å². The molecule has 1 atom stereocenters. The van der Waals surface area contributed by atoms with Gasteiger partial charge in [-0.15, -0.1) is 0 Å². The monoisotopic (exact) mass is 172 g/mol. The van der Waals surface area contributed by atoms with E-state index < -0.39 is 0 Å². The third-order valence-electron chi connectivity index (χ3n) is 1.90. The van der Waals surface area contributed by atoms with E-state index in [1.807, 2.05) is 17.8 Å². The zero-order valence-corrected chi connectivity index (χ0v) is 7.89. The number of hydrogen-bond acceptors (Lipinski definition) is 1. The van der Waals surface area contributed by atoms with Gasteiger partial charge in [0.2, 0.25) is 0 Å². The molecular formula is C8H13ClN2. The molecule has 62 valence electrons. The van der Waals surface area contributed by atoms with Gasteiger partial charge in [-0.1, -0.05) is 18.5 Å². The van der Waals surface area contributed by atoms with Crippen LogP contribution in [0.15, 0.2) is 6.20 Å². The molecule has 0 aliphatic carbocycles. The molecular weight excluding hydrogens is 160 g/mol. The smallest absolute Gasteiger partial charge is 0.0815 e. The number of halogens is 1. The van der Waals surface area contributed by atoms with Crippen molar-refractivity contribution in [2.75, 3.05) is 0 Å². The van der Waals surface area contributed by atoms with Crippen molar-refractivity contribution >= 4 is 11.6 Å². The summed E-state index contributed by atoms with van der Waals surface area (Å²) in [6.45, 7) is 6.18. The Balaban J connectivity index is 2.88. The molecule has 0 aliphatic rings. The first-order valence-corrected chi connectivity index (χ1v) is 4.24. The molecule has 0 bridgehead atoms. The van der Waals surface area contributed by atoms with Gasteiger partial charge < -0.3 is 0 Å². The second-order valence-electron chi connectivity index (χ2n) is 2.80. The Morgan fingerprint density at radius 2 is 2.36 bits per heavy atom. The average molecular weight is 173 g/mol. The Labute approximate surface area is 72.2 Å². The molecule has 11 heavy (non-hydrogen) atoms. The van der Waals surface area contributed by atoms with Crippen LogP contribution in [-0.4, -0.2) is 9.78 Å². The van der Waals surface area contributed by atoms with E-state index in [1.54, 1.807) is 0 Å². The number of nitrogens with zero attached hydrogens (tertiary/aromatic N) is 2. The lowest BCUT2D eigenvalue weighted by molar-refractivity contribution is 0.475. The molecule has 0 saturated carbocycles. The first-order valence-electron chi connectivity index (χ1n) is 3.86. The van der Waals surface area contributed by atoms with Crippen LogP contribution < -0.4 is 0 Å². The molecule has 1 heterocycles. The Kier molecular flexibility index (Phi) is 2.55. The van der Waals surface area contributed by atoms with Gasteiger partial charge in [-0.25, -0.2) is 0 Å². The lowest BCUT2D eigenvalue weighted by atomic mass is 10.3. The fourth-order valence-corrected chi connectivity index (χ4v) is 1.01. The predicted molar refractivity (Wildman–Crippen MR) is 47.0 cm³/mol. The van der Waals surface area contributed by atoms with Gasteiger partial charge in [0.25, 0.3) is 0 Å². The maximum absolute atomic E-state index is 5.85. The van der Waals surface area contributed by atoms with Crippen LogP contribution in [-0.2, 0) is 0 Å². The van der Waals surface area contributed by atoms with Crippen LogP contribution in [0.2, 0.25) is 5.02 Å². The van der Waals surface area contributed by atoms with Crippen molar-refractivity contribution in [2.45, 2.75) is 33.2 Å². The van der Waals surface area contributed by atoms with Gasteiger partial charge >= 0.3 is 0 Å². The van der Waals surface area contributed by atoms with E-state index in [4.69, 9.17) is 11.6 Å². The zero-order valence-electron chi connectivity index (χ0n) is 7.13. The van der Waals surface area contributed by atoms with Crippen LogP contribution in [0.3, 0.4) is 0 Å². The number of hydrogen-bond donors (Lipinski definition) is 0. The fraction of sp³-hybridized carbons (Fsp3) is 0.625. The summed E-state index contributed by atoms with van der Waals surface area (Å²) in [6.07, 6.45) is 2.96. The van der Waals surface area contributed by atoms with E-state index in [-0.39, 0.29) is 0 Å². The highest BCUT2D eigenvalue weighted by atomic mass is 35.5. The molecule has 1 aromatic heterocycles. The highest BCUT2D eigenvalue weighted by Crippen LogP contribution is 2.16. The minimum atomic E-state index is 0.446. The molecule has 0 unspecified atom stereocenters. The van der Waals surface area contributed by atoms with E-state index in [2.05, 4.69) is 18.9 Å². The van der Waals surface area contributed by atoms with Gasteiger partial charge in [-0.3, -0.25) is 4.68 Å². The summed E-state index contributed by atoms with van der Waals surface area (Å²) in [5.74, 6) is 0. The minimum absolute atomic E-state index is 0.446. The molecule has 2 nitrogen and oxygen atoms in total. The van der Waals surface area contributed by atoms with Crippen molar-refractivity contribution in [2.24, 2.45) is 0 Å². The van der Waals surface area contributed by atoms with E-state index in [0.717, 1.165) is 17.1 Å². The van der Waals surface area contributed by atoms with E-state index in [0.29, 0.717) is 6.04 Å². The van der Waals surface area contributed by atoms with Crippen molar-refractivity contribution < 1.29 is 0 Å². The molecule has 0 amide bonds. The van der Waals surface area contributed by atoms with Crippen molar-refractivity contribution in [3.05, 3.63) is 16.9 Å². The summed E-state index contributed by atoms with van der Waals surface area (Å²) in [5.41, 5.74) is 0.909. The number of aromatic nitrogens is 2. The van der Waals surface area contributed by atoms with Crippen LogP contribution in [0.5, 0.6) is 0 Å². The molecule has 1 aromatic rings. The normalized spacial score (nSPS) is 13.5. The molecule has 1 rings (SSSR count). The Bertz CT molecular complexity index is 223. The maximum Gasteiger partial charge on any atom is 0.0815 e. The molecule has 0 aliphatic heterocycles. The van der Waals surface area contributed by atoms with Crippen LogP contribution in [0.1, 0.15) is 32.0 Å². The minimum Gasteiger partial charge on any atom is -0.268 e. The van der Waals surface area contributed by atoms with Gasteiger partial charge in [0, 0.05) is 12.2 Å². The zero-order chi connectivity index (χ0) is 8.43. The molecule has 3 heteroatoms. The Morgan fingerprint density at radius 3 is 2.73 bits per heavy atom. The standard InChI is InChI=1S/C8H13ClN2/c1-4-6(2)11-5-8(9)7(3)10-11/h5-6H,4H2,1-3H3/t6-/m1/s1. The third-order valence-corrected chi connectivity index (χ3v) is 2.27. The predicted octanol–water partition coefficient (Wildman–Crippen LogP) is 2.82. The van der Waals surface area contributed by atoms with Crippen molar-refractivity contribution in [1.29, 1.82) is 0 Å². The quantitative estimate of drug-likeness (QED) is 0.671. The molecule has 0 saturated heterocycles. The summed E-state index contributed by atoms with van der Waals surface area (Å²) < 4.78 is 1.91. The lowest BCUT2D eigenvalue weighted by Gasteiger charge is -2.07. The van der Waals surface area contributed by atoms with Gasteiger partial charge in [0.15, 0.2) is 0 Å². The highest BCUT2D eigenvalue weighted by molar-refractivity contribution is 6.31.